The zero-order valence-electron chi connectivity index (χ0n) is 15.9. The number of hydrogen-bond donors (Lipinski definition) is 1. The predicted molar refractivity (Wildman–Crippen MR) is 103 cm³/mol. The lowest BCUT2D eigenvalue weighted by molar-refractivity contribution is -0.123. The first kappa shape index (κ1) is 20.3. The number of nitrogens with one attached hydrogen (secondary N) is 1. The lowest BCUT2D eigenvalue weighted by Crippen LogP contribution is -2.30. The number of para-hydroxylation sites is 2. The summed E-state index contributed by atoms with van der Waals surface area (Å²) in [6.45, 7) is 6.50. The van der Waals surface area contributed by atoms with Crippen LogP contribution in [0, 0.1) is 0 Å². The van der Waals surface area contributed by atoms with Crippen LogP contribution in [0.25, 0.3) is 0 Å². The highest BCUT2D eigenvalue weighted by molar-refractivity contribution is 5.98. The maximum atomic E-state index is 12.3. The standard InChI is InChI=1S/C21H25NO5/c1-4-14-26-17-12-10-16(11-13-17)21(24)27-15(3)20(23)22-18-8-6-7-9-19(18)25-5-2/h6-13,15H,4-5,14H2,1-3H3,(H,22,23)/t15-/m0/s1. The minimum atomic E-state index is -0.955. The predicted octanol–water partition coefficient (Wildman–Crippen LogP) is 4.06. The van der Waals surface area contributed by atoms with Gasteiger partial charge in [0.05, 0.1) is 24.5 Å². The summed E-state index contributed by atoms with van der Waals surface area (Å²) in [4.78, 5) is 24.6. The number of ether oxygens (including phenoxy) is 3. The Labute approximate surface area is 159 Å². The smallest absolute Gasteiger partial charge is 0.338 e. The van der Waals surface area contributed by atoms with Crippen LogP contribution in [0.5, 0.6) is 11.5 Å². The summed E-state index contributed by atoms with van der Waals surface area (Å²) in [6.07, 6.45) is -0.0498. The normalized spacial score (nSPS) is 11.4. The largest absolute Gasteiger partial charge is 0.494 e. The monoisotopic (exact) mass is 371 g/mol. The Morgan fingerprint density at radius 3 is 2.37 bits per heavy atom. The molecule has 0 aromatic heterocycles. The van der Waals surface area contributed by atoms with E-state index in [9.17, 15) is 9.59 Å². The zero-order chi connectivity index (χ0) is 19.6. The molecule has 0 bridgehead atoms. The first-order chi connectivity index (χ1) is 13.0. The molecule has 0 fully saturated rings. The Kier molecular flexibility index (Phi) is 7.67. The number of benzene rings is 2. The molecule has 0 saturated heterocycles. The van der Waals surface area contributed by atoms with E-state index in [1.54, 1.807) is 42.5 Å². The summed E-state index contributed by atoms with van der Waals surface area (Å²) in [5, 5.41) is 2.72. The summed E-state index contributed by atoms with van der Waals surface area (Å²) in [6, 6.07) is 13.7. The van der Waals surface area contributed by atoms with Crippen molar-refractivity contribution >= 4 is 17.6 Å². The molecule has 6 nitrogen and oxygen atoms in total. The third kappa shape index (κ3) is 6.02. The summed E-state index contributed by atoms with van der Waals surface area (Å²) >= 11 is 0. The topological polar surface area (TPSA) is 73.9 Å². The molecule has 0 unspecified atom stereocenters. The van der Waals surface area contributed by atoms with Crippen LogP contribution < -0.4 is 14.8 Å². The van der Waals surface area contributed by atoms with Crippen molar-refractivity contribution in [1.29, 1.82) is 0 Å². The van der Waals surface area contributed by atoms with Gasteiger partial charge in [0.1, 0.15) is 11.5 Å². The molecule has 0 aliphatic carbocycles. The summed E-state index contributed by atoms with van der Waals surface area (Å²) in [5.41, 5.74) is 0.887. The molecule has 2 aromatic carbocycles. The number of rotatable bonds is 9. The maximum absolute atomic E-state index is 12.3. The number of carbonyl (C=O) groups excluding carboxylic acids is 2. The van der Waals surface area contributed by atoms with Crippen LogP contribution in [0.3, 0.4) is 0 Å². The van der Waals surface area contributed by atoms with E-state index in [-0.39, 0.29) is 0 Å². The van der Waals surface area contributed by atoms with Crippen LogP contribution in [0.1, 0.15) is 37.6 Å². The Balaban J connectivity index is 1.94. The molecule has 0 aliphatic rings. The highest BCUT2D eigenvalue weighted by atomic mass is 16.5. The molecule has 0 saturated carbocycles. The molecule has 2 aromatic rings. The summed E-state index contributed by atoms with van der Waals surface area (Å²) in [5.74, 6) is 0.248. The average Bonchev–Trinajstić information content (AvgIpc) is 2.68. The highest BCUT2D eigenvalue weighted by Crippen LogP contribution is 2.24. The number of esters is 1. The van der Waals surface area contributed by atoms with Crippen molar-refractivity contribution in [3.63, 3.8) is 0 Å². The summed E-state index contributed by atoms with van der Waals surface area (Å²) < 4.78 is 16.2. The van der Waals surface area contributed by atoms with Crippen LogP contribution >= 0.6 is 0 Å². The van der Waals surface area contributed by atoms with Crippen LogP contribution in [0.2, 0.25) is 0 Å². The molecule has 1 N–H and O–H groups in total. The number of carbonyl (C=O) groups is 2. The Morgan fingerprint density at radius 2 is 1.70 bits per heavy atom. The molecule has 1 amide bonds. The molecule has 1 atom stereocenters. The van der Waals surface area contributed by atoms with Gasteiger partial charge >= 0.3 is 5.97 Å². The van der Waals surface area contributed by atoms with E-state index in [0.717, 1.165) is 6.42 Å². The van der Waals surface area contributed by atoms with Crippen molar-refractivity contribution in [3.8, 4) is 11.5 Å². The summed E-state index contributed by atoms with van der Waals surface area (Å²) in [7, 11) is 0. The van der Waals surface area contributed by atoms with Gasteiger partial charge in [-0.15, -0.1) is 0 Å². The van der Waals surface area contributed by atoms with Gasteiger partial charge in [0, 0.05) is 0 Å². The lowest BCUT2D eigenvalue weighted by atomic mass is 10.2. The van der Waals surface area contributed by atoms with Gasteiger partial charge in [-0.2, -0.15) is 0 Å². The van der Waals surface area contributed by atoms with Gasteiger partial charge in [-0.05, 0) is 56.7 Å². The Morgan fingerprint density at radius 1 is 1.00 bits per heavy atom. The van der Waals surface area contributed by atoms with Crippen LogP contribution in [0.15, 0.2) is 48.5 Å². The molecule has 0 heterocycles. The second-order valence-electron chi connectivity index (χ2n) is 5.84. The van der Waals surface area contributed by atoms with Gasteiger partial charge < -0.3 is 19.5 Å². The first-order valence-electron chi connectivity index (χ1n) is 9.01. The fraction of sp³-hybridized carbons (Fsp3) is 0.333. The fourth-order valence-electron chi connectivity index (χ4n) is 2.27. The third-order valence-corrected chi connectivity index (χ3v) is 3.66. The van der Waals surface area contributed by atoms with Gasteiger partial charge in [0.15, 0.2) is 6.10 Å². The van der Waals surface area contributed by atoms with Gasteiger partial charge in [-0.1, -0.05) is 19.1 Å². The zero-order valence-corrected chi connectivity index (χ0v) is 15.9. The van der Waals surface area contributed by atoms with E-state index in [1.165, 1.54) is 6.92 Å². The molecule has 0 aliphatic heterocycles. The van der Waals surface area contributed by atoms with E-state index in [1.807, 2.05) is 19.9 Å². The molecule has 2 rings (SSSR count). The van der Waals surface area contributed by atoms with Crippen molar-refractivity contribution in [1.82, 2.24) is 0 Å². The molecular formula is C21H25NO5. The van der Waals surface area contributed by atoms with Crippen molar-refractivity contribution in [3.05, 3.63) is 54.1 Å². The van der Waals surface area contributed by atoms with Crippen LogP contribution in [-0.4, -0.2) is 31.2 Å². The second-order valence-corrected chi connectivity index (χ2v) is 5.84. The quantitative estimate of drug-likeness (QED) is 0.673. The van der Waals surface area contributed by atoms with Crippen LogP contribution in [0.4, 0.5) is 5.69 Å². The molecule has 0 radical (unpaired) electrons. The average molecular weight is 371 g/mol. The molecule has 6 heteroatoms. The van der Waals surface area contributed by atoms with Gasteiger partial charge in [-0.25, -0.2) is 4.79 Å². The van der Waals surface area contributed by atoms with Gasteiger partial charge in [0.2, 0.25) is 0 Å². The third-order valence-electron chi connectivity index (χ3n) is 3.66. The Hall–Kier alpha value is -3.02. The van der Waals surface area contributed by atoms with Crippen molar-refractivity contribution < 1.29 is 23.8 Å². The first-order valence-corrected chi connectivity index (χ1v) is 9.01. The number of hydrogen-bond acceptors (Lipinski definition) is 5. The van der Waals surface area contributed by atoms with E-state index < -0.39 is 18.0 Å². The maximum Gasteiger partial charge on any atom is 0.338 e. The SMILES string of the molecule is CCCOc1ccc(C(=O)O[C@@H](C)C(=O)Nc2ccccc2OCC)cc1. The second kappa shape index (κ2) is 10.2. The highest BCUT2D eigenvalue weighted by Gasteiger charge is 2.20. The number of anilines is 1. The van der Waals surface area contributed by atoms with Crippen LogP contribution in [-0.2, 0) is 9.53 Å². The van der Waals surface area contributed by atoms with E-state index in [2.05, 4.69) is 5.32 Å². The lowest BCUT2D eigenvalue weighted by Gasteiger charge is -2.15. The Bertz CT molecular complexity index is 757. The van der Waals surface area contributed by atoms with Crippen molar-refractivity contribution in [2.45, 2.75) is 33.3 Å². The fourth-order valence-corrected chi connectivity index (χ4v) is 2.27. The minimum absolute atomic E-state index is 0.355. The van der Waals surface area contributed by atoms with Gasteiger partial charge in [-0.3, -0.25) is 4.79 Å². The van der Waals surface area contributed by atoms with E-state index in [0.29, 0.717) is 36.0 Å². The minimum Gasteiger partial charge on any atom is -0.494 e. The van der Waals surface area contributed by atoms with Crippen molar-refractivity contribution in [2.75, 3.05) is 18.5 Å². The molecule has 27 heavy (non-hydrogen) atoms. The molecule has 0 spiro atoms. The van der Waals surface area contributed by atoms with Crippen molar-refractivity contribution in [2.24, 2.45) is 0 Å². The molecular weight excluding hydrogens is 346 g/mol. The molecule has 144 valence electrons. The van der Waals surface area contributed by atoms with E-state index in [4.69, 9.17) is 14.2 Å². The number of amides is 1. The van der Waals surface area contributed by atoms with Gasteiger partial charge in [0.25, 0.3) is 5.91 Å². The van der Waals surface area contributed by atoms with E-state index >= 15 is 0 Å².